The van der Waals surface area contributed by atoms with Crippen LogP contribution >= 0.6 is 0 Å². The third-order valence-electron chi connectivity index (χ3n) is 2.98. The maximum Gasteiger partial charge on any atom is 0.341 e. The van der Waals surface area contributed by atoms with Crippen molar-refractivity contribution in [2.45, 2.75) is 6.61 Å². The summed E-state index contributed by atoms with van der Waals surface area (Å²) < 4.78 is 36.1. The van der Waals surface area contributed by atoms with E-state index in [1.54, 1.807) is 12.1 Å². The van der Waals surface area contributed by atoms with Gasteiger partial charge in [-0.2, -0.15) is 4.98 Å². The first-order valence-corrected chi connectivity index (χ1v) is 6.63. The van der Waals surface area contributed by atoms with Gasteiger partial charge in [0.25, 0.3) is 5.89 Å². The van der Waals surface area contributed by atoms with E-state index in [1.165, 1.54) is 0 Å². The van der Waals surface area contributed by atoms with Crippen molar-refractivity contribution in [3.05, 3.63) is 71.6 Å². The van der Waals surface area contributed by atoms with Gasteiger partial charge in [-0.25, -0.2) is 13.6 Å². The Balaban J connectivity index is 1.67. The fourth-order valence-corrected chi connectivity index (χ4v) is 1.88. The van der Waals surface area contributed by atoms with Crippen molar-refractivity contribution in [3.8, 4) is 11.4 Å². The van der Waals surface area contributed by atoms with Gasteiger partial charge in [-0.05, 0) is 12.1 Å². The smallest absolute Gasteiger partial charge is 0.341 e. The molecule has 0 atom stereocenters. The van der Waals surface area contributed by atoms with Crippen molar-refractivity contribution in [1.29, 1.82) is 0 Å². The minimum atomic E-state index is -0.995. The van der Waals surface area contributed by atoms with Gasteiger partial charge < -0.3 is 9.26 Å². The first-order valence-electron chi connectivity index (χ1n) is 6.63. The quantitative estimate of drug-likeness (QED) is 0.690. The lowest BCUT2D eigenvalue weighted by Gasteiger charge is -2.03. The van der Waals surface area contributed by atoms with Crippen LogP contribution in [0.15, 0.2) is 53.1 Å². The second-order valence-electron chi connectivity index (χ2n) is 4.58. The minimum Gasteiger partial charge on any atom is -0.452 e. The van der Waals surface area contributed by atoms with Crippen molar-refractivity contribution < 1.29 is 22.8 Å². The second-order valence-corrected chi connectivity index (χ2v) is 4.58. The molecule has 3 rings (SSSR count). The van der Waals surface area contributed by atoms with E-state index >= 15 is 0 Å². The summed E-state index contributed by atoms with van der Waals surface area (Å²) in [5, 5.41) is 3.77. The number of nitrogens with zero attached hydrogens (tertiary/aromatic N) is 2. The maximum atomic E-state index is 13.5. The van der Waals surface area contributed by atoms with Crippen molar-refractivity contribution in [2.24, 2.45) is 0 Å². The molecule has 2 aromatic carbocycles. The van der Waals surface area contributed by atoms with Gasteiger partial charge in [0.15, 0.2) is 6.61 Å². The molecular weight excluding hydrogens is 306 g/mol. The van der Waals surface area contributed by atoms with Crippen LogP contribution in [-0.4, -0.2) is 16.1 Å². The van der Waals surface area contributed by atoms with Gasteiger partial charge in [-0.1, -0.05) is 35.5 Å². The molecule has 0 radical (unpaired) electrons. The second kappa shape index (κ2) is 6.35. The van der Waals surface area contributed by atoms with Crippen LogP contribution in [0.1, 0.15) is 16.2 Å². The third-order valence-corrected chi connectivity index (χ3v) is 2.98. The Labute approximate surface area is 129 Å². The van der Waals surface area contributed by atoms with E-state index < -0.39 is 17.6 Å². The zero-order chi connectivity index (χ0) is 16.2. The fourth-order valence-electron chi connectivity index (χ4n) is 1.88. The number of carbonyl (C=O) groups is 1. The van der Waals surface area contributed by atoms with Crippen molar-refractivity contribution in [3.63, 3.8) is 0 Å². The van der Waals surface area contributed by atoms with Crippen LogP contribution in [0.2, 0.25) is 0 Å². The van der Waals surface area contributed by atoms with Gasteiger partial charge in [0.05, 0.1) is 5.56 Å². The van der Waals surface area contributed by atoms with E-state index in [-0.39, 0.29) is 18.1 Å². The molecule has 0 aliphatic rings. The predicted molar refractivity (Wildman–Crippen MR) is 75.2 cm³/mol. The molecule has 3 aromatic rings. The molecule has 116 valence electrons. The number of carbonyl (C=O) groups excluding carboxylic acids is 1. The normalized spacial score (nSPS) is 10.5. The Bertz CT molecular complexity index is 834. The molecular formula is C16H10F2N2O3. The van der Waals surface area contributed by atoms with Crippen LogP contribution in [0.25, 0.3) is 11.4 Å². The lowest BCUT2D eigenvalue weighted by atomic mass is 10.2. The van der Waals surface area contributed by atoms with Crippen molar-refractivity contribution in [1.82, 2.24) is 10.1 Å². The van der Waals surface area contributed by atoms with Gasteiger partial charge >= 0.3 is 5.97 Å². The maximum absolute atomic E-state index is 13.5. The van der Waals surface area contributed by atoms with E-state index in [0.717, 1.165) is 17.7 Å². The molecule has 0 aliphatic carbocycles. The summed E-state index contributed by atoms with van der Waals surface area (Å²) in [6.07, 6.45) is 0. The van der Waals surface area contributed by atoms with Gasteiger partial charge in [-0.3, -0.25) is 0 Å². The summed E-state index contributed by atoms with van der Waals surface area (Å²) in [4.78, 5) is 15.8. The monoisotopic (exact) mass is 316 g/mol. The van der Waals surface area contributed by atoms with Crippen LogP contribution in [0.5, 0.6) is 0 Å². The fraction of sp³-hybridized carbons (Fsp3) is 0.0625. The first-order chi connectivity index (χ1) is 11.1. The van der Waals surface area contributed by atoms with Crippen LogP contribution in [0.3, 0.4) is 0 Å². The summed E-state index contributed by atoms with van der Waals surface area (Å²) in [6.45, 7) is -0.310. The molecule has 0 amide bonds. The molecule has 0 unspecified atom stereocenters. The summed E-state index contributed by atoms with van der Waals surface area (Å²) >= 11 is 0. The third kappa shape index (κ3) is 3.39. The highest BCUT2D eigenvalue weighted by Gasteiger charge is 2.16. The molecule has 0 saturated heterocycles. The summed E-state index contributed by atoms with van der Waals surface area (Å²) in [7, 11) is 0. The van der Waals surface area contributed by atoms with Gasteiger partial charge in [0, 0.05) is 11.6 Å². The van der Waals surface area contributed by atoms with E-state index in [9.17, 15) is 13.6 Å². The van der Waals surface area contributed by atoms with Crippen LogP contribution in [0, 0.1) is 11.6 Å². The van der Waals surface area contributed by atoms with E-state index in [1.807, 2.05) is 18.2 Å². The number of ether oxygens (including phenoxy) is 1. The lowest BCUT2D eigenvalue weighted by Crippen LogP contribution is -2.08. The van der Waals surface area contributed by atoms with E-state index in [2.05, 4.69) is 10.1 Å². The molecule has 1 aromatic heterocycles. The average molecular weight is 316 g/mol. The molecule has 5 nitrogen and oxygen atoms in total. The highest BCUT2D eigenvalue weighted by Crippen LogP contribution is 2.16. The average Bonchev–Trinajstić information content (AvgIpc) is 3.02. The zero-order valence-corrected chi connectivity index (χ0v) is 11.7. The number of benzene rings is 2. The summed E-state index contributed by atoms with van der Waals surface area (Å²) in [6, 6.07) is 11.7. The summed E-state index contributed by atoms with van der Waals surface area (Å²) in [5.74, 6) is -2.29. The van der Waals surface area contributed by atoms with Crippen molar-refractivity contribution in [2.75, 3.05) is 0 Å². The lowest BCUT2D eigenvalue weighted by molar-refractivity contribution is 0.0424. The van der Waals surface area contributed by atoms with Crippen molar-refractivity contribution >= 4 is 5.97 Å². The Morgan fingerprint density at radius 3 is 2.65 bits per heavy atom. The van der Waals surface area contributed by atoms with Crippen LogP contribution < -0.4 is 0 Å². The standard InChI is InChI=1S/C16H10F2N2O3/c17-11-6-7-12(13(18)8-11)16(21)22-9-14-19-15(20-23-14)10-4-2-1-3-5-10/h1-8H,9H2. The molecule has 0 N–H and O–H groups in total. The van der Waals surface area contributed by atoms with Gasteiger partial charge in [-0.15, -0.1) is 0 Å². The topological polar surface area (TPSA) is 65.2 Å². The number of rotatable bonds is 4. The first kappa shape index (κ1) is 14.8. The highest BCUT2D eigenvalue weighted by atomic mass is 19.1. The summed E-state index contributed by atoms with van der Waals surface area (Å²) in [5.41, 5.74) is 0.382. The Morgan fingerprint density at radius 1 is 1.13 bits per heavy atom. The predicted octanol–water partition coefficient (Wildman–Crippen LogP) is 3.37. The molecule has 0 aliphatic heterocycles. The Morgan fingerprint density at radius 2 is 1.91 bits per heavy atom. The molecule has 1 heterocycles. The SMILES string of the molecule is O=C(OCc1nc(-c2ccccc2)no1)c1ccc(F)cc1F. The molecule has 7 heteroatoms. The number of hydrogen-bond donors (Lipinski definition) is 0. The zero-order valence-electron chi connectivity index (χ0n) is 11.7. The van der Waals surface area contributed by atoms with Crippen LogP contribution in [0.4, 0.5) is 8.78 Å². The number of hydrogen-bond acceptors (Lipinski definition) is 5. The minimum absolute atomic E-state index is 0.0692. The van der Waals surface area contributed by atoms with Gasteiger partial charge in [0.2, 0.25) is 5.82 Å². The molecule has 0 bridgehead atoms. The number of aromatic nitrogens is 2. The Hall–Kier alpha value is -3.09. The Kier molecular flexibility index (Phi) is 4.09. The molecule has 23 heavy (non-hydrogen) atoms. The molecule has 0 saturated carbocycles. The molecule has 0 spiro atoms. The molecule has 0 fully saturated rings. The van der Waals surface area contributed by atoms with Gasteiger partial charge in [0.1, 0.15) is 11.6 Å². The number of halogens is 2. The largest absolute Gasteiger partial charge is 0.452 e. The van der Waals surface area contributed by atoms with E-state index in [4.69, 9.17) is 9.26 Å². The number of esters is 1. The highest BCUT2D eigenvalue weighted by molar-refractivity contribution is 5.89. The van der Waals surface area contributed by atoms with Crippen LogP contribution in [-0.2, 0) is 11.3 Å². The van der Waals surface area contributed by atoms with E-state index in [0.29, 0.717) is 11.9 Å².